The summed E-state index contributed by atoms with van der Waals surface area (Å²) >= 11 is 0. The second kappa shape index (κ2) is 8.22. The number of ether oxygens (including phenoxy) is 3. The van der Waals surface area contributed by atoms with Crippen molar-refractivity contribution in [2.45, 2.75) is 0 Å². The molecular weight excluding hydrogens is 276 g/mol. The molecule has 2 N–H and O–H groups in total. The summed E-state index contributed by atoms with van der Waals surface area (Å²) in [5, 5.41) is 8.47. The fourth-order valence-corrected chi connectivity index (χ4v) is 1.37. The lowest BCUT2D eigenvalue weighted by Gasteiger charge is -2.08. The molecule has 0 spiro atoms. The van der Waals surface area contributed by atoms with Crippen LogP contribution in [0.2, 0.25) is 0 Å². The molecule has 0 radical (unpaired) electrons. The SMILES string of the molecule is COc1cc(/C=C/C(=O)OCC(N)=O)ccc1OCC#N. The number of esters is 1. The van der Waals surface area contributed by atoms with E-state index in [9.17, 15) is 9.59 Å². The van der Waals surface area contributed by atoms with E-state index in [1.54, 1.807) is 18.2 Å². The molecule has 0 fully saturated rings. The van der Waals surface area contributed by atoms with Crippen molar-refractivity contribution in [3.05, 3.63) is 29.8 Å². The number of nitriles is 1. The van der Waals surface area contributed by atoms with Crippen molar-refractivity contribution in [1.29, 1.82) is 5.26 Å². The zero-order valence-electron chi connectivity index (χ0n) is 11.4. The lowest BCUT2D eigenvalue weighted by atomic mass is 10.2. The van der Waals surface area contributed by atoms with Gasteiger partial charge in [-0.05, 0) is 23.8 Å². The first-order valence-corrected chi connectivity index (χ1v) is 5.87. The molecule has 7 nitrogen and oxygen atoms in total. The molecule has 0 heterocycles. The average molecular weight is 290 g/mol. The zero-order chi connectivity index (χ0) is 15.7. The summed E-state index contributed by atoms with van der Waals surface area (Å²) in [5.41, 5.74) is 5.51. The predicted molar refractivity (Wildman–Crippen MR) is 73.3 cm³/mol. The number of rotatable bonds is 7. The van der Waals surface area contributed by atoms with Gasteiger partial charge in [-0.1, -0.05) is 6.07 Å². The molecule has 1 rings (SSSR count). The number of hydrogen-bond donors (Lipinski definition) is 1. The van der Waals surface area contributed by atoms with E-state index in [-0.39, 0.29) is 6.61 Å². The van der Waals surface area contributed by atoms with Crippen LogP contribution in [-0.4, -0.2) is 32.2 Å². The van der Waals surface area contributed by atoms with Crippen LogP contribution in [0.25, 0.3) is 6.08 Å². The van der Waals surface area contributed by atoms with Crippen LogP contribution in [0.3, 0.4) is 0 Å². The first-order valence-electron chi connectivity index (χ1n) is 5.87. The van der Waals surface area contributed by atoms with E-state index in [0.717, 1.165) is 6.08 Å². The van der Waals surface area contributed by atoms with Gasteiger partial charge in [0.05, 0.1) is 7.11 Å². The number of primary amides is 1. The third-order valence-corrected chi connectivity index (χ3v) is 2.25. The molecule has 0 bridgehead atoms. The first kappa shape index (κ1) is 16.0. The van der Waals surface area contributed by atoms with Crippen LogP contribution in [0.4, 0.5) is 0 Å². The predicted octanol–water partition coefficient (Wildman–Crippen LogP) is 0.639. The van der Waals surface area contributed by atoms with E-state index in [1.807, 2.05) is 6.07 Å². The van der Waals surface area contributed by atoms with Gasteiger partial charge in [0, 0.05) is 6.08 Å². The van der Waals surface area contributed by atoms with Crippen LogP contribution >= 0.6 is 0 Å². The zero-order valence-corrected chi connectivity index (χ0v) is 11.4. The second-order valence-electron chi connectivity index (χ2n) is 3.76. The molecule has 0 aliphatic rings. The van der Waals surface area contributed by atoms with Crippen molar-refractivity contribution >= 4 is 18.0 Å². The lowest BCUT2D eigenvalue weighted by molar-refractivity contribution is -0.142. The number of carbonyl (C=O) groups is 2. The van der Waals surface area contributed by atoms with Gasteiger partial charge in [-0.15, -0.1) is 0 Å². The summed E-state index contributed by atoms with van der Waals surface area (Å²) in [5.74, 6) is -0.555. The summed E-state index contributed by atoms with van der Waals surface area (Å²) in [6.45, 7) is -0.557. The maximum absolute atomic E-state index is 11.3. The largest absolute Gasteiger partial charge is 0.493 e. The van der Waals surface area contributed by atoms with Gasteiger partial charge in [0.1, 0.15) is 6.07 Å². The van der Waals surface area contributed by atoms with Crippen molar-refractivity contribution < 1.29 is 23.8 Å². The van der Waals surface area contributed by atoms with E-state index in [4.69, 9.17) is 20.5 Å². The van der Waals surface area contributed by atoms with Gasteiger partial charge in [0.25, 0.3) is 5.91 Å². The smallest absolute Gasteiger partial charge is 0.331 e. The number of methoxy groups -OCH3 is 1. The Labute approximate surface area is 121 Å². The van der Waals surface area contributed by atoms with Gasteiger partial charge in [0.2, 0.25) is 0 Å². The molecule has 1 amide bonds. The van der Waals surface area contributed by atoms with Gasteiger partial charge in [-0.3, -0.25) is 4.79 Å². The minimum absolute atomic E-state index is 0.0923. The van der Waals surface area contributed by atoms with Gasteiger partial charge in [0.15, 0.2) is 24.7 Å². The average Bonchev–Trinajstić information content (AvgIpc) is 2.49. The fraction of sp³-hybridized carbons (Fsp3) is 0.214. The normalized spacial score (nSPS) is 9.90. The molecule has 7 heteroatoms. The number of amides is 1. The third-order valence-electron chi connectivity index (χ3n) is 2.25. The van der Waals surface area contributed by atoms with Crippen LogP contribution in [-0.2, 0) is 14.3 Å². The van der Waals surface area contributed by atoms with Crippen LogP contribution in [0, 0.1) is 11.3 Å². The maximum atomic E-state index is 11.3. The summed E-state index contributed by atoms with van der Waals surface area (Å²) < 4.78 is 14.9. The van der Waals surface area contributed by atoms with Crippen molar-refractivity contribution in [3.63, 3.8) is 0 Å². The number of benzene rings is 1. The Morgan fingerprint density at radius 2 is 2.14 bits per heavy atom. The molecule has 0 atom stereocenters. The molecule has 110 valence electrons. The Balaban J connectivity index is 2.73. The highest BCUT2D eigenvalue weighted by atomic mass is 16.5. The standard InChI is InChI=1S/C14H14N2O5/c1-19-12-8-10(2-4-11(12)20-7-6-15)3-5-14(18)21-9-13(16)17/h2-5,8H,7,9H2,1H3,(H2,16,17)/b5-3+. The third kappa shape index (κ3) is 5.65. The monoisotopic (exact) mass is 290 g/mol. The van der Waals surface area contributed by atoms with Gasteiger partial charge >= 0.3 is 5.97 Å². The van der Waals surface area contributed by atoms with Crippen molar-refractivity contribution in [3.8, 4) is 17.6 Å². The van der Waals surface area contributed by atoms with Crippen LogP contribution in [0.5, 0.6) is 11.5 Å². The molecule has 21 heavy (non-hydrogen) atoms. The molecule has 0 saturated carbocycles. The Hall–Kier alpha value is -3.01. The summed E-state index contributed by atoms with van der Waals surface area (Å²) in [6.07, 6.45) is 2.65. The van der Waals surface area contributed by atoms with Gasteiger partial charge in [-0.2, -0.15) is 5.26 Å². The number of hydrogen-bond acceptors (Lipinski definition) is 6. The highest BCUT2D eigenvalue weighted by molar-refractivity contribution is 5.89. The minimum Gasteiger partial charge on any atom is -0.493 e. The molecule has 0 unspecified atom stereocenters. The highest BCUT2D eigenvalue weighted by Crippen LogP contribution is 2.28. The summed E-state index contributed by atoms with van der Waals surface area (Å²) in [4.78, 5) is 21.7. The van der Waals surface area contributed by atoms with Gasteiger partial charge < -0.3 is 19.9 Å². The van der Waals surface area contributed by atoms with E-state index in [2.05, 4.69) is 4.74 Å². The molecule has 0 aliphatic carbocycles. The van der Waals surface area contributed by atoms with Crippen molar-refractivity contribution in [2.24, 2.45) is 5.73 Å². The molecular formula is C14H14N2O5. The van der Waals surface area contributed by atoms with Crippen LogP contribution in [0.1, 0.15) is 5.56 Å². The Kier molecular flexibility index (Phi) is 6.28. The maximum Gasteiger partial charge on any atom is 0.331 e. The number of nitrogens with zero attached hydrogens (tertiary/aromatic N) is 1. The number of nitrogens with two attached hydrogens (primary N) is 1. The Morgan fingerprint density at radius 1 is 1.38 bits per heavy atom. The van der Waals surface area contributed by atoms with E-state index in [1.165, 1.54) is 13.2 Å². The molecule has 1 aromatic carbocycles. The molecule has 1 aromatic rings. The topological polar surface area (TPSA) is 112 Å². The molecule has 0 saturated heterocycles. The van der Waals surface area contributed by atoms with E-state index >= 15 is 0 Å². The Morgan fingerprint density at radius 3 is 2.76 bits per heavy atom. The second-order valence-corrected chi connectivity index (χ2v) is 3.76. The fourth-order valence-electron chi connectivity index (χ4n) is 1.37. The van der Waals surface area contributed by atoms with Gasteiger partial charge in [-0.25, -0.2) is 4.79 Å². The summed E-state index contributed by atoms with van der Waals surface area (Å²) in [6, 6.07) is 6.77. The van der Waals surface area contributed by atoms with Crippen molar-refractivity contribution in [2.75, 3.05) is 20.3 Å². The van der Waals surface area contributed by atoms with Crippen LogP contribution < -0.4 is 15.2 Å². The Bertz CT molecular complexity index is 590. The minimum atomic E-state index is -0.725. The summed E-state index contributed by atoms with van der Waals surface area (Å²) in [7, 11) is 1.46. The van der Waals surface area contributed by atoms with E-state index < -0.39 is 18.5 Å². The van der Waals surface area contributed by atoms with Crippen molar-refractivity contribution in [1.82, 2.24) is 0 Å². The molecule has 0 aromatic heterocycles. The molecule has 0 aliphatic heterocycles. The van der Waals surface area contributed by atoms with E-state index in [0.29, 0.717) is 17.1 Å². The quantitative estimate of drug-likeness (QED) is 0.582. The van der Waals surface area contributed by atoms with Crippen LogP contribution in [0.15, 0.2) is 24.3 Å². The number of carbonyl (C=O) groups excluding carboxylic acids is 2. The highest BCUT2D eigenvalue weighted by Gasteiger charge is 2.05. The lowest BCUT2D eigenvalue weighted by Crippen LogP contribution is -2.19. The first-order chi connectivity index (χ1) is 10.1.